The lowest BCUT2D eigenvalue weighted by Gasteiger charge is -2.06. The molecule has 2 aromatic rings. The van der Waals surface area contributed by atoms with Crippen molar-refractivity contribution in [3.05, 3.63) is 26.6 Å². The number of thiophene rings is 1. The van der Waals surface area contributed by atoms with Crippen LogP contribution in [0, 0.1) is 10.5 Å². The molecule has 0 aliphatic carbocycles. The van der Waals surface area contributed by atoms with E-state index in [1.54, 1.807) is 11.3 Å². The van der Waals surface area contributed by atoms with Gasteiger partial charge in [-0.25, -0.2) is 0 Å². The van der Waals surface area contributed by atoms with Gasteiger partial charge in [-0.15, -0.1) is 11.3 Å². The number of hydrogen-bond acceptors (Lipinski definition) is 2. The number of benzene rings is 1. The van der Waals surface area contributed by atoms with Gasteiger partial charge in [0, 0.05) is 13.7 Å². The third-order valence-electron chi connectivity index (χ3n) is 2.09. The van der Waals surface area contributed by atoms with Crippen molar-refractivity contribution >= 4 is 44.0 Å². The Balaban J connectivity index is 2.70. The number of hydrogen-bond donors (Lipinski definition) is 0. The summed E-state index contributed by atoms with van der Waals surface area (Å²) in [4.78, 5) is 0. The summed E-state index contributed by atoms with van der Waals surface area (Å²) in [6.07, 6.45) is 0. The molecule has 0 atom stereocenters. The van der Waals surface area contributed by atoms with Crippen LogP contribution in [0.4, 0.5) is 0 Å². The maximum absolute atomic E-state index is 5.64. The number of halogens is 1. The summed E-state index contributed by atoms with van der Waals surface area (Å²) in [5.41, 5.74) is 1.31. The Morgan fingerprint density at radius 3 is 2.93 bits per heavy atom. The summed E-state index contributed by atoms with van der Waals surface area (Å²) in [6, 6.07) is 4.31. The van der Waals surface area contributed by atoms with Gasteiger partial charge in [0.05, 0.1) is 6.61 Å². The predicted molar refractivity (Wildman–Crippen MR) is 70.4 cm³/mol. The van der Waals surface area contributed by atoms with E-state index in [0.29, 0.717) is 0 Å². The maximum atomic E-state index is 5.64. The Labute approximate surface area is 101 Å². The zero-order chi connectivity index (χ0) is 10.1. The lowest BCUT2D eigenvalue weighted by Crippen LogP contribution is -1.92. The first-order chi connectivity index (χ1) is 6.72. The second-order valence-electron chi connectivity index (χ2n) is 3.13. The molecule has 74 valence electrons. The smallest absolute Gasteiger partial charge is 0.129 e. The van der Waals surface area contributed by atoms with Crippen LogP contribution in [-0.4, -0.2) is 6.61 Å². The molecule has 0 unspecified atom stereocenters. The third-order valence-corrected chi connectivity index (χ3v) is 3.76. The minimum atomic E-state index is 0.727. The number of ether oxygens (including phenoxy) is 1. The van der Waals surface area contributed by atoms with Crippen LogP contribution in [0.1, 0.15) is 12.5 Å². The monoisotopic (exact) mass is 318 g/mol. The Hall–Kier alpha value is -0.290. The van der Waals surface area contributed by atoms with E-state index >= 15 is 0 Å². The predicted octanol–water partition coefficient (Wildman–Crippen LogP) is 4.21. The van der Waals surface area contributed by atoms with Crippen molar-refractivity contribution in [2.75, 3.05) is 6.61 Å². The molecule has 14 heavy (non-hydrogen) atoms. The quantitative estimate of drug-likeness (QED) is 0.754. The first kappa shape index (κ1) is 10.2. The van der Waals surface area contributed by atoms with Crippen molar-refractivity contribution < 1.29 is 4.74 Å². The molecule has 0 N–H and O–H groups in total. The first-order valence-electron chi connectivity index (χ1n) is 4.52. The van der Waals surface area contributed by atoms with Crippen LogP contribution in [0.5, 0.6) is 5.75 Å². The van der Waals surface area contributed by atoms with Crippen LogP contribution in [0.15, 0.2) is 17.5 Å². The molecule has 1 heterocycles. The van der Waals surface area contributed by atoms with Crippen LogP contribution in [0.2, 0.25) is 0 Å². The Bertz CT molecular complexity index is 462. The van der Waals surface area contributed by atoms with Crippen LogP contribution >= 0.6 is 33.9 Å². The van der Waals surface area contributed by atoms with Gasteiger partial charge in [-0.05, 0) is 59.5 Å². The molecule has 1 aromatic carbocycles. The van der Waals surface area contributed by atoms with Gasteiger partial charge in [-0.1, -0.05) is 0 Å². The van der Waals surface area contributed by atoms with Crippen molar-refractivity contribution in [2.24, 2.45) is 0 Å². The molecule has 0 saturated heterocycles. The fraction of sp³-hybridized carbons (Fsp3) is 0.273. The molecule has 0 aliphatic heterocycles. The standard InChI is InChI=1S/C11H11IOS/c1-3-13-9-4-8(12)5-10-11(9)7(2)6-14-10/h4-6H,3H2,1-2H3. The SMILES string of the molecule is CCOc1cc(I)cc2scc(C)c12. The summed E-state index contributed by atoms with van der Waals surface area (Å²) >= 11 is 4.11. The van der Waals surface area contributed by atoms with Crippen molar-refractivity contribution in [1.29, 1.82) is 0 Å². The third kappa shape index (κ3) is 1.75. The van der Waals surface area contributed by atoms with E-state index in [9.17, 15) is 0 Å². The Morgan fingerprint density at radius 1 is 1.43 bits per heavy atom. The molecule has 0 saturated carbocycles. The normalized spacial score (nSPS) is 10.8. The van der Waals surface area contributed by atoms with Crippen molar-refractivity contribution in [2.45, 2.75) is 13.8 Å². The molecule has 3 heteroatoms. The highest BCUT2D eigenvalue weighted by Gasteiger charge is 2.08. The Kier molecular flexibility index (Phi) is 2.97. The van der Waals surface area contributed by atoms with E-state index in [0.717, 1.165) is 12.4 Å². The highest BCUT2D eigenvalue weighted by Crippen LogP contribution is 2.35. The largest absolute Gasteiger partial charge is 0.493 e. The minimum absolute atomic E-state index is 0.727. The Morgan fingerprint density at radius 2 is 2.21 bits per heavy atom. The van der Waals surface area contributed by atoms with Crippen LogP contribution < -0.4 is 4.74 Å². The van der Waals surface area contributed by atoms with E-state index in [4.69, 9.17) is 4.74 Å². The molecular weight excluding hydrogens is 307 g/mol. The summed E-state index contributed by atoms with van der Waals surface area (Å²) in [7, 11) is 0. The van der Waals surface area contributed by atoms with E-state index in [1.807, 2.05) is 6.92 Å². The van der Waals surface area contributed by atoms with E-state index < -0.39 is 0 Å². The van der Waals surface area contributed by atoms with Crippen molar-refractivity contribution in [3.8, 4) is 5.75 Å². The van der Waals surface area contributed by atoms with Gasteiger partial charge in [0.1, 0.15) is 5.75 Å². The van der Waals surface area contributed by atoms with Crippen LogP contribution in [0.25, 0.3) is 10.1 Å². The zero-order valence-corrected chi connectivity index (χ0v) is 11.1. The van der Waals surface area contributed by atoms with Crippen molar-refractivity contribution in [3.63, 3.8) is 0 Å². The van der Waals surface area contributed by atoms with Gasteiger partial charge < -0.3 is 4.74 Å². The zero-order valence-electron chi connectivity index (χ0n) is 8.13. The minimum Gasteiger partial charge on any atom is -0.493 e. The topological polar surface area (TPSA) is 9.23 Å². The van der Waals surface area contributed by atoms with Gasteiger partial charge >= 0.3 is 0 Å². The fourth-order valence-corrected chi connectivity index (χ4v) is 3.32. The van der Waals surface area contributed by atoms with Crippen LogP contribution in [0.3, 0.4) is 0 Å². The molecular formula is C11H11IOS. The summed E-state index contributed by atoms with van der Waals surface area (Å²) < 4.78 is 8.19. The first-order valence-corrected chi connectivity index (χ1v) is 6.48. The molecule has 0 bridgehead atoms. The summed E-state index contributed by atoms with van der Waals surface area (Å²) in [5, 5.41) is 3.46. The van der Waals surface area contributed by atoms with Gasteiger partial charge in [0.2, 0.25) is 0 Å². The average molecular weight is 318 g/mol. The number of fused-ring (bicyclic) bond motifs is 1. The van der Waals surface area contributed by atoms with Gasteiger partial charge in [0.25, 0.3) is 0 Å². The molecule has 2 rings (SSSR count). The molecule has 0 spiro atoms. The van der Waals surface area contributed by atoms with Gasteiger partial charge in [0.15, 0.2) is 0 Å². The molecule has 0 fully saturated rings. The van der Waals surface area contributed by atoms with Gasteiger partial charge in [-0.2, -0.15) is 0 Å². The number of aryl methyl sites for hydroxylation is 1. The molecule has 0 radical (unpaired) electrons. The second-order valence-corrected chi connectivity index (χ2v) is 5.29. The lowest BCUT2D eigenvalue weighted by atomic mass is 10.2. The highest BCUT2D eigenvalue weighted by atomic mass is 127. The summed E-state index contributed by atoms with van der Waals surface area (Å²) in [6.45, 7) is 4.88. The second kappa shape index (κ2) is 4.06. The van der Waals surface area contributed by atoms with E-state index in [1.165, 1.54) is 19.2 Å². The molecule has 1 aromatic heterocycles. The molecule has 0 aliphatic rings. The lowest BCUT2D eigenvalue weighted by molar-refractivity contribution is 0.344. The average Bonchev–Trinajstić information content (AvgIpc) is 2.48. The maximum Gasteiger partial charge on any atom is 0.129 e. The molecule has 1 nitrogen and oxygen atoms in total. The van der Waals surface area contributed by atoms with Gasteiger partial charge in [-0.3, -0.25) is 0 Å². The number of rotatable bonds is 2. The fourth-order valence-electron chi connectivity index (χ4n) is 1.52. The van der Waals surface area contributed by atoms with E-state index in [2.05, 4.69) is 47.0 Å². The summed E-state index contributed by atoms with van der Waals surface area (Å²) in [5.74, 6) is 1.02. The van der Waals surface area contributed by atoms with Crippen LogP contribution in [-0.2, 0) is 0 Å². The van der Waals surface area contributed by atoms with Crippen molar-refractivity contribution in [1.82, 2.24) is 0 Å². The molecule has 0 amide bonds. The van der Waals surface area contributed by atoms with E-state index in [-0.39, 0.29) is 0 Å². The highest BCUT2D eigenvalue weighted by molar-refractivity contribution is 14.1.